The third-order valence-electron chi connectivity index (χ3n) is 0.579. The van der Waals surface area contributed by atoms with Crippen LogP contribution >= 0.6 is 37.0 Å². The van der Waals surface area contributed by atoms with E-state index in [-0.39, 0.29) is 0 Å². The largest absolute Gasteiger partial charge is 0.175 e. The Morgan fingerprint density at radius 1 is 1.38 bits per heavy atom. The van der Waals surface area contributed by atoms with E-state index in [1.807, 2.05) is 11.8 Å². The van der Waals surface area contributed by atoms with E-state index in [9.17, 15) is 0 Å². The Hall–Kier alpha value is 1.05. The van der Waals surface area contributed by atoms with Gasteiger partial charge in [0.1, 0.15) is 0 Å². The number of thiol groups is 2. The molecule has 0 nitrogen and oxygen atoms in total. The van der Waals surface area contributed by atoms with E-state index in [4.69, 9.17) is 0 Å². The first-order valence-corrected chi connectivity index (χ1v) is 4.69. The topological polar surface area (TPSA) is 0 Å². The smallest absolute Gasteiger partial charge is 0.0444 e. The molecule has 50 valence electrons. The average molecular weight is 168 g/mol. The SMILES string of the molecule is CC(S)CSC(C)S. The van der Waals surface area contributed by atoms with Crippen LogP contribution in [0.1, 0.15) is 13.8 Å². The van der Waals surface area contributed by atoms with Gasteiger partial charge in [-0.1, -0.05) is 6.92 Å². The van der Waals surface area contributed by atoms with Crippen molar-refractivity contribution in [3.8, 4) is 0 Å². The molecule has 3 heteroatoms. The van der Waals surface area contributed by atoms with Gasteiger partial charge in [0.2, 0.25) is 0 Å². The quantitative estimate of drug-likeness (QED) is 0.482. The summed E-state index contributed by atoms with van der Waals surface area (Å²) in [6.07, 6.45) is 0. The van der Waals surface area contributed by atoms with Crippen LogP contribution in [0.25, 0.3) is 0 Å². The van der Waals surface area contributed by atoms with Gasteiger partial charge < -0.3 is 0 Å². The van der Waals surface area contributed by atoms with Crippen LogP contribution in [-0.4, -0.2) is 15.6 Å². The van der Waals surface area contributed by atoms with Gasteiger partial charge in [0.25, 0.3) is 0 Å². The first-order valence-electron chi connectivity index (χ1n) is 2.60. The predicted molar refractivity (Wildman–Crippen MR) is 49.4 cm³/mol. The fourth-order valence-electron chi connectivity index (χ4n) is 0.279. The molecule has 0 heterocycles. The van der Waals surface area contributed by atoms with E-state index in [0.29, 0.717) is 9.83 Å². The van der Waals surface area contributed by atoms with Crippen molar-refractivity contribution >= 4 is 37.0 Å². The molecule has 0 aliphatic rings. The molecular formula is C5H12S3. The van der Waals surface area contributed by atoms with Crippen LogP contribution in [0.4, 0.5) is 0 Å². The van der Waals surface area contributed by atoms with Crippen molar-refractivity contribution < 1.29 is 0 Å². The summed E-state index contributed by atoms with van der Waals surface area (Å²) in [5.41, 5.74) is 0. The van der Waals surface area contributed by atoms with Gasteiger partial charge in [0, 0.05) is 15.6 Å². The molecule has 0 saturated carbocycles. The molecule has 0 aliphatic heterocycles. The molecule has 0 saturated heterocycles. The van der Waals surface area contributed by atoms with Gasteiger partial charge in [-0.05, 0) is 6.92 Å². The second kappa shape index (κ2) is 4.89. The molecule has 0 spiro atoms. The maximum atomic E-state index is 4.22. The third-order valence-corrected chi connectivity index (χ3v) is 2.63. The number of thioether (sulfide) groups is 1. The molecule has 0 radical (unpaired) electrons. The minimum atomic E-state index is 0.449. The fraction of sp³-hybridized carbons (Fsp3) is 1.00. The number of hydrogen-bond acceptors (Lipinski definition) is 3. The second-order valence-electron chi connectivity index (χ2n) is 1.78. The molecule has 0 rings (SSSR count). The van der Waals surface area contributed by atoms with Gasteiger partial charge in [0.05, 0.1) is 0 Å². The van der Waals surface area contributed by atoms with Crippen molar-refractivity contribution in [2.75, 3.05) is 5.75 Å². The van der Waals surface area contributed by atoms with Gasteiger partial charge in [-0.25, -0.2) is 0 Å². The van der Waals surface area contributed by atoms with Gasteiger partial charge in [-0.2, -0.15) is 25.3 Å². The highest BCUT2D eigenvalue weighted by Crippen LogP contribution is 2.15. The second-order valence-corrected chi connectivity index (χ2v) is 5.16. The lowest BCUT2D eigenvalue weighted by Gasteiger charge is -2.04. The highest BCUT2D eigenvalue weighted by atomic mass is 32.2. The van der Waals surface area contributed by atoms with E-state index < -0.39 is 0 Å². The van der Waals surface area contributed by atoms with Gasteiger partial charge in [-0.3, -0.25) is 0 Å². The highest BCUT2D eigenvalue weighted by Gasteiger charge is 1.97. The van der Waals surface area contributed by atoms with Crippen LogP contribution in [0.3, 0.4) is 0 Å². The standard InChI is InChI=1S/C5H12S3/c1-4(6)3-8-5(2)7/h4-7H,3H2,1-2H3. The molecule has 8 heavy (non-hydrogen) atoms. The van der Waals surface area contributed by atoms with E-state index in [1.54, 1.807) is 0 Å². The van der Waals surface area contributed by atoms with Gasteiger partial charge in [-0.15, -0.1) is 11.8 Å². The van der Waals surface area contributed by atoms with Gasteiger partial charge in [0.15, 0.2) is 0 Å². The summed E-state index contributed by atoms with van der Waals surface area (Å²) >= 11 is 10.2. The van der Waals surface area contributed by atoms with E-state index >= 15 is 0 Å². The Morgan fingerprint density at radius 2 is 1.88 bits per heavy atom. The number of hydrogen-bond donors (Lipinski definition) is 2. The van der Waals surface area contributed by atoms with E-state index in [2.05, 4.69) is 39.1 Å². The predicted octanol–water partition coefficient (Wildman–Crippen LogP) is 2.31. The molecular weight excluding hydrogens is 156 g/mol. The third kappa shape index (κ3) is 7.05. The molecule has 0 aliphatic carbocycles. The molecule has 0 aromatic carbocycles. The normalized spacial score (nSPS) is 18.0. The summed E-state index contributed by atoms with van der Waals surface area (Å²) in [5, 5.41) is 0.495. The van der Waals surface area contributed by atoms with Crippen LogP contribution in [0, 0.1) is 0 Å². The van der Waals surface area contributed by atoms with Crippen LogP contribution < -0.4 is 0 Å². The lowest BCUT2D eigenvalue weighted by Crippen LogP contribution is -1.97. The van der Waals surface area contributed by atoms with E-state index in [0.717, 1.165) is 5.75 Å². The van der Waals surface area contributed by atoms with Crippen LogP contribution in [-0.2, 0) is 0 Å². The van der Waals surface area contributed by atoms with Crippen molar-refractivity contribution in [1.82, 2.24) is 0 Å². The summed E-state index contributed by atoms with van der Waals surface area (Å²) in [5.74, 6) is 1.09. The summed E-state index contributed by atoms with van der Waals surface area (Å²) in [7, 11) is 0. The summed E-state index contributed by atoms with van der Waals surface area (Å²) in [6.45, 7) is 4.16. The van der Waals surface area contributed by atoms with Crippen molar-refractivity contribution in [2.24, 2.45) is 0 Å². The lowest BCUT2D eigenvalue weighted by atomic mass is 10.6. The molecule has 2 unspecified atom stereocenters. The van der Waals surface area contributed by atoms with E-state index in [1.165, 1.54) is 0 Å². The first-order chi connectivity index (χ1) is 3.63. The van der Waals surface area contributed by atoms with Crippen molar-refractivity contribution in [1.29, 1.82) is 0 Å². The van der Waals surface area contributed by atoms with Crippen molar-refractivity contribution in [3.05, 3.63) is 0 Å². The minimum Gasteiger partial charge on any atom is -0.175 e. The van der Waals surface area contributed by atoms with Gasteiger partial charge >= 0.3 is 0 Å². The van der Waals surface area contributed by atoms with Crippen LogP contribution in [0.5, 0.6) is 0 Å². The number of rotatable bonds is 3. The molecule has 0 amide bonds. The molecule has 0 fully saturated rings. The Bertz CT molecular complexity index is 43.6. The van der Waals surface area contributed by atoms with Crippen LogP contribution in [0.2, 0.25) is 0 Å². The molecule has 0 bridgehead atoms. The molecule has 0 N–H and O–H groups in total. The van der Waals surface area contributed by atoms with Crippen LogP contribution in [0.15, 0.2) is 0 Å². The monoisotopic (exact) mass is 168 g/mol. The molecule has 2 atom stereocenters. The zero-order chi connectivity index (χ0) is 6.57. The lowest BCUT2D eigenvalue weighted by molar-refractivity contribution is 1.14. The zero-order valence-electron chi connectivity index (χ0n) is 5.16. The highest BCUT2D eigenvalue weighted by molar-refractivity contribution is 8.10. The Labute approximate surface area is 66.6 Å². The Balaban J connectivity index is 2.93. The summed E-state index contributed by atoms with van der Waals surface area (Å²) in [4.78, 5) is 0. The maximum absolute atomic E-state index is 4.22. The molecule has 0 aromatic rings. The van der Waals surface area contributed by atoms with Crippen molar-refractivity contribution in [2.45, 2.75) is 23.7 Å². The Kier molecular flexibility index (Phi) is 5.53. The van der Waals surface area contributed by atoms with Crippen molar-refractivity contribution in [3.63, 3.8) is 0 Å². The fourth-order valence-corrected chi connectivity index (χ4v) is 1.35. The summed E-state index contributed by atoms with van der Waals surface area (Å²) < 4.78 is 0.449. The Morgan fingerprint density at radius 3 is 2.00 bits per heavy atom. The average Bonchev–Trinajstić information content (AvgIpc) is 1.61. The zero-order valence-corrected chi connectivity index (χ0v) is 7.77. The first kappa shape index (κ1) is 9.05. The maximum Gasteiger partial charge on any atom is 0.0444 e. The summed E-state index contributed by atoms with van der Waals surface area (Å²) in [6, 6.07) is 0. The minimum absolute atomic E-state index is 0.449. The molecule has 0 aromatic heterocycles.